The third kappa shape index (κ3) is 4.18. The van der Waals surface area contributed by atoms with Gasteiger partial charge in [-0.15, -0.1) is 0 Å². The zero-order chi connectivity index (χ0) is 14.4. The third-order valence-electron chi connectivity index (χ3n) is 2.93. The van der Waals surface area contributed by atoms with Gasteiger partial charge in [-0.25, -0.2) is 0 Å². The van der Waals surface area contributed by atoms with Gasteiger partial charge in [0.1, 0.15) is 5.75 Å². The van der Waals surface area contributed by atoms with E-state index in [0.717, 1.165) is 17.9 Å². The first kappa shape index (κ1) is 14.8. The summed E-state index contributed by atoms with van der Waals surface area (Å²) in [4.78, 5) is 14.2. The van der Waals surface area contributed by atoms with Crippen LogP contribution in [0.15, 0.2) is 41.1 Å². The van der Waals surface area contributed by atoms with Crippen molar-refractivity contribution >= 4 is 17.1 Å². The van der Waals surface area contributed by atoms with Crippen LogP contribution in [0, 0.1) is 0 Å². The number of carbonyl (C=O) groups excluding carboxylic acids is 1. The van der Waals surface area contributed by atoms with Gasteiger partial charge in [0, 0.05) is 12.1 Å². The molecule has 0 saturated carbocycles. The molecule has 2 rings (SSSR count). The minimum absolute atomic E-state index is 0.130. The maximum absolute atomic E-state index is 12.2. The van der Waals surface area contributed by atoms with Crippen LogP contribution in [-0.4, -0.2) is 30.9 Å². The Bertz CT molecular complexity index is 534. The molecule has 4 heteroatoms. The standard InChI is InChI=1S/C16H19NO2S/c1-3-19-15-6-4-14(5-7-15)16(18)11-17(2)10-13-8-9-20-12-13/h4-9,12H,3,10-11H2,1-2H3. The molecule has 0 bridgehead atoms. The number of hydrogen-bond acceptors (Lipinski definition) is 4. The van der Waals surface area contributed by atoms with Crippen molar-refractivity contribution in [2.24, 2.45) is 0 Å². The van der Waals surface area contributed by atoms with Gasteiger partial charge >= 0.3 is 0 Å². The van der Waals surface area contributed by atoms with Crippen LogP contribution in [0.1, 0.15) is 22.8 Å². The quantitative estimate of drug-likeness (QED) is 0.731. The molecule has 20 heavy (non-hydrogen) atoms. The Kier molecular flexibility index (Phi) is 5.32. The van der Waals surface area contributed by atoms with Crippen LogP contribution >= 0.6 is 11.3 Å². The van der Waals surface area contributed by atoms with Gasteiger partial charge in [0.2, 0.25) is 0 Å². The lowest BCUT2D eigenvalue weighted by Gasteiger charge is -2.15. The molecule has 0 aliphatic carbocycles. The van der Waals surface area contributed by atoms with Crippen molar-refractivity contribution in [3.63, 3.8) is 0 Å². The van der Waals surface area contributed by atoms with E-state index in [-0.39, 0.29) is 5.78 Å². The number of Topliss-reactive ketones (excluding diaryl/α,β-unsaturated/α-hetero) is 1. The SMILES string of the molecule is CCOc1ccc(C(=O)CN(C)Cc2ccsc2)cc1. The minimum atomic E-state index is 0.130. The van der Waals surface area contributed by atoms with E-state index in [9.17, 15) is 4.79 Å². The Balaban J connectivity index is 1.90. The summed E-state index contributed by atoms with van der Waals surface area (Å²) in [6.07, 6.45) is 0. The van der Waals surface area contributed by atoms with E-state index in [4.69, 9.17) is 4.74 Å². The number of likely N-dealkylation sites (N-methyl/N-ethyl adjacent to an activating group) is 1. The van der Waals surface area contributed by atoms with Gasteiger partial charge in [-0.2, -0.15) is 11.3 Å². The van der Waals surface area contributed by atoms with Gasteiger partial charge < -0.3 is 4.74 Å². The average molecular weight is 289 g/mol. The molecule has 0 amide bonds. The molecule has 0 unspecified atom stereocenters. The Morgan fingerprint density at radius 2 is 2.00 bits per heavy atom. The minimum Gasteiger partial charge on any atom is -0.494 e. The van der Waals surface area contributed by atoms with Gasteiger partial charge in [-0.3, -0.25) is 9.69 Å². The largest absolute Gasteiger partial charge is 0.494 e. The molecule has 0 saturated heterocycles. The van der Waals surface area contributed by atoms with Crippen molar-refractivity contribution in [2.75, 3.05) is 20.2 Å². The normalized spacial score (nSPS) is 10.8. The Morgan fingerprint density at radius 3 is 2.60 bits per heavy atom. The van der Waals surface area contributed by atoms with Gasteiger partial charge in [-0.05, 0) is 60.6 Å². The molecule has 1 aromatic carbocycles. The van der Waals surface area contributed by atoms with E-state index in [0.29, 0.717) is 13.2 Å². The van der Waals surface area contributed by atoms with Crippen LogP contribution < -0.4 is 4.74 Å². The van der Waals surface area contributed by atoms with Crippen molar-refractivity contribution in [3.05, 3.63) is 52.2 Å². The number of ether oxygens (including phenoxy) is 1. The monoisotopic (exact) mass is 289 g/mol. The molecule has 0 fully saturated rings. The van der Waals surface area contributed by atoms with Crippen LogP contribution in [0.5, 0.6) is 5.75 Å². The molecular formula is C16H19NO2S. The molecule has 106 valence electrons. The van der Waals surface area contributed by atoms with Crippen molar-refractivity contribution in [1.29, 1.82) is 0 Å². The third-order valence-corrected chi connectivity index (χ3v) is 3.67. The number of carbonyl (C=O) groups is 1. The van der Waals surface area contributed by atoms with Crippen LogP contribution in [-0.2, 0) is 6.54 Å². The summed E-state index contributed by atoms with van der Waals surface area (Å²) in [5.74, 6) is 0.932. The Labute approximate surface area is 123 Å². The van der Waals surface area contributed by atoms with E-state index in [1.165, 1.54) is 5.56 Å². The fraction of sp³-hybridized carbons (Fsp3) is 0.312. The van der Waals surface area contributed by atoms with Gasteiger partial charge in [0.05, 0.1) is 13.2 Å². The summed E-state index contributed by atoms with van der Waals surface area (Å²) in [6.45, 7) is 3.80. The summed E-state index contributed by atoms with van der Waals surface area (Å²) in [6, 6.07) is 9.42. The second-order valence-electron chi connectivity index (χ2n) is 4.68. The van der Waals surface area contributed by atoms with E-state index >= 15 is 0 Å². The summed E-state index contributed by atoms with van der Waals surface area (Å²) >= 11 is 1.68. The summed E-state index contributed by atoms with van der Waals surface area (Å²) in [5, 5.41) is 4.16. The molecule has 1 aromatic heterocycles. The van der Waals surface area contributed by atoms with Crippen LogP contribution in [0.4, 0.5) is 0 Å². The molecular weight excluding hydrogens is 270 g/mol. The maximum atomic E-state index is 12.2. The molecule has 0 spiro atoms. The molecule has 3 nitrogen and oxygen atoms in total. The predicted octanol–water partition coefficient (Wildman–Crippen LogP) is 3.46. The van der Waals surface area contributed by atoms with Crippen LogP contribution in [0.25, 0.3) is 0 Å². The fourth-order valence-electron chi connectivity index (χ4n) is 1.99. The summed E-state index contributed by atoms with van der Waals surface area (Å²) in [7, 11) is 1.96. The highest BCUT2D eigenvalue weighted by Gasteiger charge is 2.10. The number of rotatable bonds is 7. The lowest BCUT2D eigenvalue weighted by Crippen LogP contribution is -2.25. The van der Waals surface area contributed by atoms with Crippen molar-refractivity contribution < 1.29 is 9.53 Å². The number of thiophene rings is 1. The molecule has 0 atom stereocenters. The van der Waals surface area contributed by atoms with Crippen molar-refractivity contribution in [1.82, 2.24) is 4.90 Å². The highest BCUT2D eigenvalue weighted by molar-refractivity contribution is 7.07. The number of ketones is 1. The van der Waals surface area contributed by atoms with E-state index in [1.54, 1.807) is 11.3 Å². The van der Waals surface area contributed by atoms with Crippen molar-refractivity contribution in [3.8, 4) is 5.75 Å². The topological polar surface area (TPSA) is 29.5 Å². The number of benzene rings is 1. The zero-order valence-electron chi connectivity index (χ0n) is 11.8. The average Bonchev–Trinajstić information content (AvgIpc) is 2.92. The molecule has 0 N–H and O–H groups in total. The molecule has 1 heterocycles. The first-order chi connectivity index (χ1) is 9.69. The number of hydrogen-bond donors (Lipinski definition) is 0. The second-order valence-corrected chi connectivity index (χ2v) is 5.46. The van der Waals surface area contributed by atoms with E-state index < -0.39 is 0 Å². The van der Waals surface area contributed by atoms with Gasteiger partial charge in [0.15, 0.2) is 5.78 Å². The van der Waals surface area contributed by atoms with Crippen LogP contribution in [0.2, 0.25) is 0 Å². The predicted molar refractivity (Wildman–Crippen MR) is 82.6 cm³/mol. The molecule has 0 aliphatic rings. The molecule has 0 aliphatic heterocycles. The maximum Gasteiger partial charge on any atom is 0.176 e. The van der Waals surface area contributed by atoms with Crippen LogP contribution in [0.3, 0.4) is 0 Å². The fourth-order valence-corrected chi connectivity index (χ4v) is 2.65. The lowest BCUT2D eigenvalue weighted by atomic mass is 10.1. The molecule has 0 radical (unpaired) electrons. The van der Waals surface area contributed by atoms with E-state index in [2.05, 4.69) is 16.8 Å². The Morgan fingerprint density at radius 1 is 1.25 bits per heavy atom. The lowest BCUT2D eigenvalue weighted by molar-refractivity contribution is 0.0943. The molecule has 2 aromatic rings. The highest BCUT2D eigenvalue weighted by Crippen LogP contribution is 2.13. The zero-order valence-corrected chi connectivity index (χ0v) is 12.7. The summed E-state index contributed by atoms with van der Waals surface area (Å²) in [5.41, 5.74) is 1.97. The number of nitrogens with zero attached hydrogens (tertiary/aromatic N) is 1. The summed E-state index contributed by atoms with van der Waals surface area (Å²) < 4.78 is 5.37. The Hall–Kier alpha value is -1.65. The highest BCUT2D eigenvalue weighted by atomic mass is 32.1. The first-order valence-electron chi connectivity index (χ1n) is 6.64. The first-order valence-corrected chi connectivity index (χ1v) is 7.59. The second kappa shape index (κ2) is 7.22. The van der Waals surface area contributed by atoms with E-state index in [1.807, 2.05) is 43.1 Å². The van der Waals surface area contributed by atoms with Gasteiger partial charge in [-0.1, -0.05) is 0 Å². The van der Waals surface area contributed by atoms with Crippen molar-refractivity contribution in [2.45, 2.75) is 13.5 Å². The smallest absolute Gasteiger partial charge is 0.176 e. The van der Waals surface area contributed by atoms with Gasteiger partial charge in [0.25, 0.3) is 0 Å².